The van der Waals surface area contributed by atoms with Crippen molar-refractivity contribution in [2.75, 3.05) is 31.6 Å². The van der Waals surface area contributed by atoms with Crippen molar-refractivity contribution in [3.05, 3.63) is 107 Å². The van der Waals surface area contributed by atoms with E-state index in [1.165, 1.54) is 11.5 Å². The quantitative estimate of drug-likeness (QED) is 0.330. The van der Waals surface area contributed by atoms with Gasteiger partial charge in [0.05, 0.1) is 13.0 Å². The van der Waals surface area contributed by atoms with Gasteiger partial charge in [-0.1, -0.05) is 72.8 Å². The molecule has 1 aliphatic heterocycles. The van der Waals surface area contributed by atoms with Crippen molar-refractivity contribution in [1.29, 1.82) is 0 Å². The molecule has 5 rings (SSSR count). The second kappa shape index (κ2) is 12.0. The first-order valence-corrected chi connectivity index (χ1v) is 13.5. The first-order chi connectivity index (χ1) is 18.2. The molecule has 2 heterocycles. The van der Waals surface area contributed by atoms with Gasteiger partial charge in [-0.25, -0.2) is 4.98 Å². The molecule has 3 aromatic carbocycles. The SMILES string of the molecule is COc1cccc(Cc2nsc(N3CCC(CNC(=O)C(c4ccccc4)c4ccccc4)CC3)n2)c1. The van der Waals surface area contributed by atoms with Crippen LogP contribution >= 0.6 is 11.5 Å². The van der Waals surface area contributed by atoms with Crippen LogP contribution < -0.4 is 15.0 Å². The van der Waals surface area contributed by atoms with Gasteiger partial charge in [0.2, 0.25) is 11.0 Å². The minimum atomic E-state index is -0.299. The normalized spacial score (nSPS) is 14.1. The Hall–Kier alpha value is -3.71. The zero-order chi connectivity index (χ0) is 25.5. The van der Waals surface area contributed by atoms with Crippen LogP contribution in [0.5, 0.6) is 5.75 Å². The molecule has 37 heavy (non-hydrogen) atoms. The highest BCUT2D eigenvalue weighted by Crippen LogP contribution is 2.27. The first kappa shape index (κ1) is 25.0. The second-order valence-corrected chi connectivity index (χ2v) is 10.2. The van der Waals surface area contributed by atoms with E-state index in [-0.39, 0.29) is 11.8 Å². The van der Waals surface area contributed by atoms with E-state index >= 15 is 0 Å². The highest BCUT2D eigenvalue weighted by molar-refractivity contribution is 7.09. The number of carbonyl (C=O) groups excluding carboxylic acids is 1. The lowest BCUT2D eigenvalue weighted by Gasteiger charge is -2.31. The summed E-state index contributed by atoms with van der Waals surface area (Å²) in [5, 5.41) is 4.23. The highest BCUT2D eigenvalue weighted by Gasteiger charge is 2.26. The van der Waals surface area contributed by atoms with E-state index in [1.807, 2.05) is 78.9 Å². The van der Waals surface area contributed by atoms with Gasteiger partial charge in [0.15, 0.2) is 0 Å². The average Bonchev–Trinajstić information content (AvgIpc) is 3.42. The third kappa shape index (κ3) is 6.35. The van der Waals surface area contributed by atoms with Gasteiger partial charge in [-0.3, -0.25) is 4.79 Å². The zero-order valence-corrected chi connectivity index (χ0v) is 21.9. The van der Waals surface area contributed by atoms with Crippen molar-refractivity contribution in [3.63, 3.8) is 0 Å². The molecule has 0 bridgehead atoms. The lowest BCUT2D eigenvalue weighted by molar-refractivity contribution is -0.121. The fraction of sp³-hybridized carbons (Fsp3) is 0.300. The Kier molecular flexibility index (Phi) is 8.11. The molecule has 0 spiro atoms. The molecule has 1 fully saturated rings. The minimum absolute atomic E-state index is 0.0612. The van der Waals surface area contributed by atoms with Gasteiger partial charge >= 0.3 is 0 Å². The number of amides is 1. The Morgan fingerprint density at radius 1 is 1.00 bits per heavy atom. The van der Waals surface area contributed by atoms with E-state index in [0.29, 0.717) is 18.9 Å². The van der Waals surface area contributed by atoms with Gasteiger partial charge < -0.3 is 15.0 Å². The average molecular weight is 513 g/mol. The van der Waals surface area contributed by atoms with Crippen molar-refractivity contribution in [3.8, 4) is 5.75 Å². The first-order valence-electron chi connectivity index (χ1n) is 12.8. The number of aromatic nitrogens is 2. The van der Waals surface area contributed by atoms with Crippen molar-refractivity contribution in [1.82, 2.24) is 14.7 Å². The van der Waals surface area contributed by atoms with Crippen LogP contribution in [0, 0.1) is 5.92 Å². The maximum atomic E-state index is 13.3. The molecular weight excluding hydrogens is 480 g/mol. The van der Waals surface area contributed by atoms with Crippen LogP contribution in [0.15, 0.2) is 84.9 Å². The Morgan fingerprint density at radius 3 is 2.32 bits per heavy atom. The largest absolute Gasteiger partial charge is 0.497 e. The standard InChI is InChI=1S/C30H32N4O2S/c1-36-26-14-8-9-23(19-26)20-27-32-30(37-33-27)34-17-15-22(16-18-34)21-31-29(35)28(24-10-4-2-5-11-24)25-12-6-3-7-13-25/h2-14,19,22,28H,15-18,20-21H2,1H3,(H,31,35). The van der Waals surface area contributed by atoms with Gasteiger partial charge in [-0.15, -0.1) is 0 Å². The Bertz CT molecular complexity index is 1250. The summed E-state index contributed by atoms with van der Waals surface area (Å²) in [6, 6.07) is 28.1. The molecule has 0 radical (unpaired) electrons. The van der Waals surface area contributed by atoms with Crippen LogP contribution in [-0.4, -0.2) is 42.0 Å². The van der Waals surface area contributed by atoms with Crippen molar-refractivity contribution < 1.29 is 9.53 Å². The number of hydrogen-bond donors (Lipinski definition) is 1. The fourth-order valence-electron chi connectivity index (χ4n) is 4.87. The van der Waals surface area contributed by atoms with Crippen molar-refractivity contribution >= 4 is 22.6 Å². The maximum absolute atomic E-state index is 13.3. The Balaban J connectivity index is 1.14. The summed E-state index contributed by atoms with van der Waals surface area (Å²) in [6.07, 6.45) is 2.74. The topological polar surface area (TPSA) is 67.3 Å². The number of carbonyl (C=O) groups is 1. The number of nitrogens with one attached hydrogen (secondary N) is 1. The molecule has 7 heteroatoms. The van der Waals surface area contributed by atoms with Crippen molar-refractivity contribution in [2.45, 2.75) is 25.2 Å². The van der Waals surface area contributed by atoms with E-state index in [2.05, 4.69) is 20.7 Å². The summed E-state index contributed by atoms with van der Waals surface area (Å²) < 4.78 is 9.91. The van der Waals surface area contributed by atoms with Crippen LogP contribution in [0.2, 0.25) is 0 Å². The summed E-state index contributed by atoms with van der Waals surface area (Å²) >= 11 is 1.47. The molecule has 1 aromatic heterocycles. The molecular formula is C30H32N4O2S. The number of nitrogens with zero attached hydrogens (tertiary/aromatic N) is 3. The van der Waals surface area contributed by atoms with E-state index in [0.717, 1.165) is 59.3 Å². The van der Waals surface area contributed by atoms with Gasteiger partial charge in [0.1, 0.15) is 11.6 Å². The third-order valence-corrected chi connectivity index (χ3v) is 7.75. The van der Waals surface area contributed by atoms with Crippen LogP contribution in [0.1, 0.15) is 41.3 Å². The number of anilines is 1. The molecule has 0 unspecified atom stereocenters. The zero-order valence-electron chi connectivity index (χ0n) is 21.0. The predicted molar refractivity (Wildman–Crippen MR) is 148 cm³/mol. The molecule has 4 aromatic rings. The predicted octanol–water partition coefficient (Wildman–Crippen LogP) is 5.30. The number of methoxy groups -OCH3 is 1. The van der Waals surface area contributed by atoms with Crippen LogP contribution in [0.3, 0.4) is 0 Å². The van der Waals surface area contributed by atoms with E-state index in [9.17, 15) is 4.79 Å². The number of benzene rings is 3. The Labute approximate surface area is 222 Å². The number of piperidine rings is 1. The minimum Gasteiger partial charge on any atom is -0.497 e. The summed E-state index contributed by atoms with van der Waals surface area (Å²) in [5.41, 5.74) is 3.17. The lowest BCUT2D eigenvalue weighted by Crippen LogP contribution is -2.40. The highest BCUT2D eigenvalue weighted by atomic mass is 32.1. The molecule has 6 nitrogen and oxygen atoms in total. The van der Waals surface area contributed by atoms with Crippen molar-refractivity contribution in [2.24, 2.45) is 5.92 Å². The van der Waals surface area contributed by atoms with Gasteiger partial charge in [0.25, 0.3) is 0 Å². The second-order valence-electron chi connectivity index (χ2n) is 9.45. The molecule has 0 saturated carbocycles. The number of ether oxygens (including phenoxy) is 1. The smallest absolute Gasteiger partial charge is 0.232 e. The Morgan fingerprint density at radius 2 is 1.68 bits per heavy atom. The number of rotatable bonds is 9. The van der Waals surface area contributed by atoms with E-state index < -0.39 is 0 Å². The third-order valence-electron chi connectivity index (χ3n) is 6.93. The molecule has 190 valence electrons. The van der Waals surface area contributed by atoms with Gasteiger partial charge in [-0.2, -0.15) is 4.37 Å². The fourth-order valence-corrected chi connectivity index (χ4v) is 5.61. The molecule has 0 atom stereocenters. The van der Waals surface area contributed by atoms with E-state index in [1.54, 1.807) is 7.11 Å². The van der Waals surface area contributed by atoms with Crippen LogP contribution in [-0.2, 0) is 11.2 Å². The lowest BCUT2D eigenvalue weighted by atomic mass is 9.90. The molecule has 1 saturated heterocycles. The summed E-state index contributed by atoms with van der Waals surface area (Å²) in [6.45, 7) is 2.55. The van der Waals surface area contributed by atoms with E-state index in [4.69, 9.17) is 9.72 Å². The summed E-state index contributed by atoms with van der Waals surface area (Å²) in [7, 11) is 1.68. The molecule has 1 amide bonds. The molecule has 1 N–H and O–H groups in total. The molecule has 0 aliphatic carbocycles. The maximum Gasteiger partial charge on any atom is 0.232 e. The van der Waals surface area contributed by atoms with Gasteiger partial charge in [-0.05, 0) is 47.6 Å². The molecule has 1 aliphatic rings. The summed E-state index contributed by atoms with van der Waals surface area (Å²) in [4.78, 5) is 20.4. The van der Waals surface area contributed by atoms with Gasteiger partial charge in [0, 0.05) is 37.6 Å². The van der Waals surface area contributed by atoms with Crippen LogP contribution in [0.25, 0.3) is 0 Å². The van der Waals surface area contributed by atoms with Crippen LogP contribution in [0.4, 0.5) is 5.13 Å². The number of hydrogen-bond acceptors (Lipinski definition) is 6. The monoisotopic (exact) mass is 512 g/mol. The summed E-state index contributed by atoms with van der Waals surface area (Å²) in [5.74, 6) is 1.91.